The van der Waals surface area contributed by atoms with Crippen LogP contribution in [0.2, 0.25) is 18.1 Å². The molecule has 2 nitrogen and oxygen atoms in total. The maximum atomic E-state index is 6.47. The average Bonchev–Trinajstić information content (AvgIpc) is 2.50. The number of rotatable bonds is 10. The van der Waals surface area contributed by atoms with E-state index < -0.39 is 8.32 Å². The topological polar surface area (TPSA) is 18.5 Å². The molecule has 0 aromatic heterocycles. The summed E-state index contributed by atoms with van der Waals surface area (Å²) >= 11 is 0. The largest absolute Gasteiger partial charge is 0.413 e. The van der Waals surface area contributed by atoms with Crippen molar-refractivity contribution in [2.75, 3.05) is 6.61 Å². The van der Waals surface area contributed by atoms with Crippen LogP contribution in [-0.4, -0.2) is 21.0 Å². The van der Waals surface area contributed by atoms with E-state index in [4.69, 9.17) is 15.6 Å². The monoisotopic (exact) mass is 346 g/mol. The number of terminal acetylenes is 1. The SMILES string of the molecule is C#CC[C@@H](CCCCOCc1ccccc1)O[Si](C)(C)C(C)(C)C. The summed E-state index contributed by atoms with van der Waals surface area (Å²) in [5, 5.41) is 0.221. The van der Waals surface area contributed by atoms with Gasteiger partial charge in [-0.1, -0.05) is 51.1 Å². The molecular weight excluding hydrogens is 312 g/mol. The van der Waals surface area contributed by atoms with E-state index in [0.29, 0.717) is 13.0 Å². The van der Waals surface area contributed by atoms with E-state index in [9.17, 15) is 0 Å². The molecule has 134 valence electrons. The Balaban J connectivity index is 2.28. The first-order chi connectivity index (χ1) is 11.3. The first-order valence-electron chi connectivity index (χ1n) is 8.99. The van der Waals surface area contributed by atoms with Gasteiger partial charge in [0.15, 0.2) is 8.32 Å². The van der Waals surface area contributed by atoms with Crippen molar-refractivity contribution < 1.29 is 9.16 Å². The smallest absolute Gasteiger partial charge is 0.192 e. The lowest BCUT2D eigenvalue weighted by atomic mass is 10.1. The van der Waals surface area contributed by atoms with Gasteiger partial charge in [-0.3, -0.25) is 0 Å². The van der Waals surface area contributed by atoms with Crippen LogP contribution in [-0.2, 0) is 15.8 Å². The fourth-order valence-electron chi connectivity index (χ4n) is 2.27. The Kier molecular flexibility index (Phi) is 8.76. The highest BCUT2D eigenvalue weighted by atomic mass is 28.4. The first-order valence-corrected chi connectivity index (χ1v) is 11.9. The van der Waals surface area contributed by atoms with Crippen LogP contribution >= 0.6 is 0 Å². The van der Waals surface area contributed by atoms with Crippen LogP contribution in [0.15, 0.2) is 30.3 Å². The molecule has 1 aromatic carbocycles. The van der Waals surface area contributed by atoms with Crippen molar-refractivity contribution in [1.29, 1.82) is 0 Å². The molecule has 0 saturated carbocycles. The molecule has 0 aliphatic heterocycles. The van der Waals surface area contributed by atoms with Gasteiger partial charge in [-0.05, 0) is 43.0 Å². The van der Waals surface area contributed by atoms with E-state index in [1.807, 2.05) is 18.2 Å². The third-order valence-electron chi connectivity index (χ3n) is 4.79. The standard InChI is InChI=1S/C21H34O2Si/c1-7-13-20(23-24(5,6)21(2,3)4)16-11-12-17-22-18-19-14-9-8-10-15-19/h1,8-10,14-15,20H,11-13,16-18H2,2-6H3/t20-/m0/s1. The zero-order valence-electron chi connectivity index (χ0n) is 16.1. The normalized spacial score (nSPS) is 13.5. The van der Waals surface area contributed by atoms with Gasteiger partial charge in [-0.25, -0.2) is 0 Å². The summed E-state index contributed by atoms with van der Waals surface area (Å²) in [6.45, 7) is 12.9. The molecule has 0 saturated heterocycles. The molecule has 0 fully saturated rings. The molecule has 0 aliphatic rings. The minimum absolute atomic E-state index is 0.185. The lowest BCUT2D eigenvalue weighted by molar-refractivity contribution is 0.111. The van der Waals surface area contributed by atoms with Crippen molar-refractivity contribution >= 4 is 8.32 Å². The molecule has 1 atom stereocenters. The van der Waals surface area contributed by atoms with Crippen LogP contribution in [0, 0.1) is 12.3 Å². The summed E-state index contributed by atoms with van der Waals surface area (Å²) in [5.41, 5.74) is 1.23. The summed E-state index contributed by atoms with van der Waals surface area (Å²) in [5.74, 6) is 2.78. The molecule has 0 amide bonds. The zero-order chi connectivity index (χ0) is 18.1. The molecule has 0 spiro atoms. The Morgan fingerprint density at radius 1 is 1.12 bits per heavy atom. The van der Waals surface area contributed by atoms with Crippen molar-refractivity contribution in [2.45, 2.75) is 77.3 Å². The number of unbranched alkanes of at least 4 members (excludes halogenated alkanes) is 1. The predicted octanol–water partition coefficient (Wildman–Crippen LogP) is 5.79. The second-order valence-corrected chi connectivity index (χ2v) is 12.7. The minimum atomic E-state index is -1.75. The molecule has 0 N–H and O–H groups in total. The van der Waals surface area contributed by atoms with E-state index in [2.05, 4.69) is 51.9 Å². The van der Waals surface area contributed by atoms with E-state index in [1.54, 1.807) is 0 Å². The summed E-state index contributed by atoms with van der Waals surface area (Å²) in [4.78, 5) is 0. The molecule has 1 rings (SSSR count). The zero-order valence-corrected chi connectivity index (χ0v) is 17.1. The highest BCUT2D eigenvalue weighted by Gasteiger charge is 2.38. The van der Waals surface area contributed by atoms with Crippen LogP contribution in [0.3, 0.4) is 0 Å². The van der Waals surface area contributed by atoms with Crippen LogP contribution in [0.4, 0.5) is 0 Å². The molecule has 0 bridgehead atoms. The Morgan fingerprint density at radius 3 is 2.38 bits per heavy atom. The summed E-state index contributed by atoms with van der Waals surface area (Å²) in [7, 11) is -1.75. The van der Waals surface area contributed by atoms with Crippen LogP contribution in [0.25, 0.3) is 0 Å². The van der Waals surface area contributed by atoms with E-state index in [1.165, 1.54) is 5.56 Å². The molecule has 0 aliphatic carbocycles. The average molecular weight is 347 g/mol. The molecule has 24 heavy (non-hydrogen) atoms. The van der Waals surface area contributed by atoms with Gasteiger partial charge in [0, 0.05) is 13.0 Å². The lowest BCUT2D eigenvalue weighted by Gasteiger charge is -2.39. The van der Waals surface area contributed by atoms with Crippen LogP contribution < -0.4 is 0 Å². The third-order valence-corrected chi connectivity index (χ3v) is 9.32. The highest BCUT2D eigenvalue weighted by Crippen LogP contribution is 2.38. The second-order valence-electron chi connectivity index (χ2n) is 7.94. The number of hydrogen-bond donors (Lipinski definition) is 0. The molecular formula is C21H34O2Si. The Labute approximate surface area is 150 Å². The fraction of sp³-hybridized carbons (Fsp3) is 0.619. The van der Waals surface area contributed by atoms with E-state index in [-0.39, 0.29) is 11.1 Å². The summed E-state index contributed by atoms with van der Waals surface area (Å²) in [6.07, 6.45) is 9.59. The maximum Gasteiger partial charge on any atom is 0.192 e. The predicted molar refractivity (Wildman–Crippen MR) is 105 cm³/mol. The Morgan fingerprint density at radius 2 is 1.79 bits per heavy atom. The van der Waals surface area contributed by atoms with E-state index >= 15 is 0 Å². The van der Waals surface area contributed by atoms with Gasteiger partial charge in [0.2, 0.25) is 0 Å². The molecule has 3 heteroatoms. The lowest BCUT2D eigenvalue weighted by Crippen LogP contribution is -2.43. The van der Waals surface area contributed by atoms with Crippen molar-refractivity contribution in [3.63, 3.8) is 0 Å². The van der Waals surface area contributed by atoms with Gasteiger partial charge < -0.3 is 9.16 Å². The van der Waals surface area contributed by atoms with Gasteiger partial charge in [0.1, 0.15) is 0 Å². The quantitative estimate of drug-likeness (QED) is 0.303. The van der Waals surface area contributed by atoms with Crippen molar-refractivity contribution in [3.8, 4) is 12.3 Å². The van der Waals surface area contributed by atoms with Crippen molar-refractivity contribution in [3.05, 3.63) is 35.9 Å². The van der Waals surface area contributed by atoms with Crippen LogP contribution in [0.5, 0.6) is 0 Å². The summed E-state index contributed by atoms with van der Waals surface area (Å²) < 4.78 is 12.2. The van der Waals surface area contributed by atoms with Gasteiger partial charge >= 0.3 is 0 Å². The van der Waals surface area contributed by atoms with Gasteiger partial charge in [-0.15, -0.1) is 12.3 Å². The van der Waals surface area contributed by atoms with Crippen LogP contribution in [0.1, 0.15) is 52.0 Å². The molecule has 1 aromatic rings. The Hall–Kier alpha value is -1.08. The van der Waals surface area contributed by atoms with Gasteiger partial charge in [-0.2, -0.15) is 0 Å². The summed E-state index contributed by atoms with van der Waals surface area (Å²) in [6, 6.07) is 10.3. The minimum Gasteiger partial charge on any atom is -0.413 e. The molecule has 0 unspecified atom stereocenters. The van der Waals surface area contributed by atoms with Crippen molar-refractivity contribution in [2.24, 2.45) is 0 Å². The van der Waals surface area contributed by atoms with Gasteiger partial charge in [0.25, 0.3) is 0 Å². The molecule has 0 radical (unpaired) electrons. The maximum absolute atomic E-state index is 6.47. The third kappa shape index (κ3) is 7.66. The van der Waals surface area contributed by atoms with Gasteiger partial charge in [0.05, 0.1) is 12.7 Å². The number of ether oxygens (including phenoxy) is 1. The van der Waals surface area contributed by atoms with Crippen molar-refractivity contribution in [1.82, 2.24) is 0 Å². The second kappa shape index (κ2) is 10.0. The number of hydrogen-bond acceptors (Lipinski definition) is 2. The Bertz CT molecular complexity index is 497. The number of benzene rings is 1. The van der Waals surface area contributed by atoms with E-state index in [0.717, 1.165) is 25.9 Å². The first kappa shape index (κ1) is 21.0. The fourth-order valence-corrected chi connectivity index (χ4v) is 3.66. The highest BCUT2D eigenvalue weighted by molar-refractivity contribution is 6.74. The molecule has 0 heterocycles.